The highest BCUT2D eigenvalue weighted by Crippen LogP contribution is 2.38. The van der Waals surface area contributed by atoms with E-state index in [4.69, 9.17) is 23.7 Å². The summed E-state index contributed by atoms with van der Waals surface area (Å²) in [6, 6.07) is 8.75. The lowest BCUT2D eigenvalue weighted by molar-refractivity contribution is 0.0954. The van der Waals surface area contributed by atoms with Crippen LogP contribution in [0.3, 0.4) is 0 Å². The molecule has 29 heavy (non-hydrogen) atoms. The monoisotopic (exact) mass is 398 g/mol. The van der Waals surface area contributed by atoms with Gasteiger partial charge in [-0.05, 0) is 42.8 Å². The van der Waals surface area contributed by atoms with Crippen molar-refractivity contribution in [3.63, 3.8) is 0 Å². The van der Waals surface area contributed by atoms with E-state index in [1.54, 1.807) is 25.1 Å². The summed E-state index contributed by atoms with van der Waals surface area (Å²) in [4.78, 5) is 12.5. The summed E-state index contributed by atoms with van der Waals surface area (Å²) < 4.78 is 26.4. The van der Waals surface area contributed by atoms with Gasteiger partial charge in [0.25, 0.3) is 5.91 Å². The number of carbonyl (C=O) groups excluding carboxylic acids is 1. The van der Waals surface area contributed by atoms with Gasteiger partial charge >= 0.3 is 0 Å². The van der Waals surface area contributed by atoms with Gasteiger partial charge in [0.2, 0.25) is 12.5 Å². The minimum atomic E-state index is -0.403. The van der Waals surface area contributed by atoms with Gasteiger partial charge < -0.3 is 23.7 Å². The van der Waals surface area contributed by atoms with Crippen LogP contribution in [0.15, 0.2) is 41.5 Å². The fraction of sp³-hybridized carbons (Fsp3) is 0.238. The number of hydrazone groups is 1. The number of fused-ring (bicyclic) bond motifs is 1. The number of rotatable bonds is 7. The van der Waals surface area contributed by atoms with Crippen LogP contribution in [0.5, 0.6) is 28.7 Å². The quantitative estimate of drug-likeness (QED) is 0.569. The van der Waals surface area contributed by atoms with Crippen LogP contribution in [0.2, 0.25) is 0 Å². The van der Waals surface area contributed by atoms with Gasteiger partial charge in [-0.3, -0.25) is 4.79 Å². The van der Waals surface area contributed by atoms with E-state index in [-0.39, 0.29) is 6.79 Å². The summed E-state index contributed by atoms with van der Waals surface area (Å²) in [5.74, 6) is 2.22. The molecule has 1 aliphatic rings. The Kier molecular flexibility index (Phi) is 6.23. The molecular formula is C21H22N2O6. The standard InChI is InChI=1S/C21H22N2O6/c1-13(5-6-14-7-8-16-17(9-14)29-12-28-16)22-23-21(24)15-10-18(25-2)20(27-4)19(11-15)26-3/h5-11H,12H2,1-4H3,(H,23,24)/b6-5+,22-13-. The van der Waals surface area contributed by atoms with Crippen molar-refractivity contribution in [1.29, 1.82) is 0 Å². The predicted molar refractivity (Wildman–Crippen MR) is 108 cm³/mol. The lowest BCUT2D eigenvalue weighted by Gasteiger charge is -2.13. The van der Waals surface area contributed by atoms with E-state index in [1.165, 1.54) is 21.3 Å². The highest BCUT2D eigenvalue weighted by Gasteiger charge is 2.17. The molecule has 3 rings (SSSR count). The zero-order valence-electron chi connectivity index (χ0n) is 16.6. The van der Waals surface area contributed by atoms with Crippen LogP contribution in [-0.2, 0) is 0 Å². The molecule has 0 bridgehead atoms. The summed E-state index contributed by atoms with van der Waals surface area (Å²) in [6.07, 6.45) is 3.65. The minimum absolute atomic E-state index is 0.232. The first kappa shape index (κ1) is 20.1. The van der Waals surface area contributed by atoms with Crippen LogP contribution in [-0.4, -0.2) is 39.7 Å². The number of nitrogens with zero attached hydrogens (tertiary/aromatic N) is 1. The van der Waals surface area contributed by atoms with Crippen LogP contribution in [0.4, 0.5) is 0 Å². The number of benzene rings is 2. The van der Waals surface area contributed by atoms with Crippen LogP contribution in [0.1, 0.15) is 22.8 Å². The number of carbonyl (C=O) groups is 1. The molecule has 0 radical (unpaired) electrons. The van der Waals surface area contributed by atoms with Gasteiger partial charge in [-0.25, -0.2) is 5.43 Å². The highest BCUT2D eigenvalue weighted by atomic mass is 16.7. The number of hydrogen-bond donors (Lipinski definition) is 1. The van der Waals surface area contributed by atoms with Gasteiger partial charge in [-0.2, -0.15) is 5.10 Å². The fourth-order valence-electron chi connectivity index (χ4n) is 2.69. The molecule has 1 heterocycles. The molecule has 152 valence electrons. The third kappa shape index (κ3) is 4.60. The largest absolute Gasteiger partial charge is 0.493 e. The van der Waals surface area contributed by atoms with Crippen LogP contribution < -0.4 is 29.1 Å². The van der Waals surface area contributed by atoms with E-state index < -0.39 is 5.91 Å². The maximum Gasteiger partial charge on any atom is 0.271 e. The van der Waals surface area contributed by atoms with Crippen molar-refractivity contribution in [3.8, 4) is 28.7 Å². The van der Waals surface area contributed by atoms with Crippen molar-refractivity contribution in [1.82, 2.24) is 5.43 Å². The summed E-state index contributed by atoms with van der Waals surface area (Å²) in [5.41, 5.74) is 4.39. The maximum atomic E-state index is 12.5. The van der Waals surface area contributed by atoms with Gasteiger partial charge in [0, 0.05) is 5.56 Å². The molecule has 0 saturated heterocycles. The number of hydrogen-bond acceptors (Lipinski definition) is 7. The van der Waals surface area contributed by atoms with Gasteiger partial charge in [-0.1, -0.05) is 12.1 Å². The van der Waals surface area contributed by atoms with E-state index in [2.05, 4.69) is 10.5 Å². The first-order chi connectivity index (χ1) is 14.0. The topological polar surface area (TPSA) is 87.6 Å². The second-order valence-corrected chi connectivity index (χ2v) is 6.05. The maximum absolute atomic E-state index is 12.5. The number of nitrogens with one attached hydrogen (secondary N) is 1. The fourth-order valence-corrected chi connectivity index (χ4v) is 2.69. The van der Waals surface area contributed by atoms with Gasteiger partial charge in [0.05, 0.1) is 27.0 Å². The highest BCUT2D eigenvalue weighted by molar-refractivity contribution is 5.99. The number of amides is 1. The van der Waals surface area contributed by atoms with E-state index in [9.17, 15) is 4.79 Å². The van der Waals surface area contributed by atoms with E-state index in [1.807, 2.05) is 24.3 Å². The van der Waals surface area contributed by atoms with E-state index >= 15 is 0 Å². The summed E-state index contributed by atoms with van der Waals surface area (Å²) in [5, 5.41) is 4.10. The number of methoxy groups -OCH3 is 3. The molecule has 2 aromatic rings. The molecule has 1 N–H and O–H groups in total. The number of allylic oxidation sites excluding steroid dienone is 1. The Labute approximate surface area is 168 Å². The smallest absolute Gasteiger partial charge is 0.271 e. The molecular weight excluding hydrogens is 376 g/mol. The summed E-state index contributed by atoms with van der Waals surface area (Å²) in [7, 11) is 4.48. The Hall–Kier alpha value is -3.68. The normalized spacial score (nSPS) is 12.8. The molecule has 0 fully saturated rings. The molecule has 1 amide bonds. The molecule has 0 unspecified atom stereocenters. The van der Waals surface area contributed by atoms with Crippen molar-refractivity contribution in [2.75, 3.05) is 28.1 Å². The van der Waals surface area contributed by atoms with Crippen LogP contribution in [0.25, 0.3) is 6.08 Å². The average molecular weight is 398 g/mol. The second kappa shape index (κ2) is 9.01. The molecule has 0 aromatic heterocycles. The van der Waals surface area contributed by atoms with E-state index in [0.717, 1.165) is 11.3 Å². The van der Waals surface area contributed by atoms with Gasteiger partial charge in [0.15, 0.2) is 23.0 Å². The molecule has 0 atom stereocenters. The average Bonchev–Trinajstić information content (AvgIpc) is 3.22. The molecule has 0 aliphatic carbocycles. The van der Waals surface area contributed by atoms with Crippen molar-refractivity contribution >= 4 is 17.7 Å². The molecule has 0 saturated carbocycles. The lowest BCUT2D eigenvalue weighted by Crippen LogP contribution is -2.19. The number of ether oxygens (including phenoxy) is 5. The Balaban J connectivity index is 1.69. The minimum Gasteiger partial charge on any atom is -0.493 e. The van der Waals surface area contributed by atoms with Crippen LogP contribution >= 0.6 is 0 Å². The predicted octanol–water partition coefficient (Wildman–Crippen LogP) is 3.26. The Morgan fingerprint density at radius 2 is 1.72 bits per heavy atom. The zero-order chi connectivity index (χ0) is 20.8. The Morgan fingerprint density at radius 3 is 2.38 bits per heavy atom. The van der Waals surface area contributed by atoms with Gasteiger partial charge in [0.1, 0.15) is 0 Å². The first-order valence-electron chi connectivity index (χ1n) is 8.78. The van der Waals surface area contributed by atoms with Crippen molar-refractivity contribution in [2.45, 2.75) is 6.92 Å². The van der Waals surface area contributed by atoms with Gasteiger partial charge in [-0.15, -0.1) is 0 Å². The summed E-state index contributed by atoms with van der Waals surface area (Å²) >= 11 is 0. The van der Waals surface area contributed by atoms with Crippen molar-refractivity contribution in [3.05, 3.63) is 47.5 Å². The van der Waals surface area contributed by atoms with E-state index in [0.29, 0.717) is 34.3 Å². The first-order valence-corrected chi connectivity index (χ1v) is 8.78. The molecule has 0 spiro atoms. The molecule has 2 aromatic carbocycles. The second-order valence-electron chi connectivity index (χ2n) is 6.05. The Morgan fingerprint density at radius 1 is 1.03 bits per heavy atom. The molecule has 1 aliphatic heterocycles. The van der Waals surface area contributed by atoms with Crippen molar-refractivity contribution in [2.24, 2.45) is 5.10 Å². The Bertz CT molecular complexity index is 943. The third-order valence-electron chi connectivity index (χ3n) is 4.17. The zero-order valence-corrected chi connectivity index (χ0v) is 16.6. The molecule has 8 heteroatoms. The molecule has 8 nitrogen and oxygen atoms in total. The van der Waals surface area contributed by atoms with Crippen LogP contribution in [0, 0.1) is 0 Å². The SMILES string of the molecule is COc1cc(C(=O)N/N=C(C)\C=C\c2ccc3c(c2)OCO3)cc(OC)c1OC. The van der Waals surface area contributed by atoms with Crippen molar-refractivity contribution < 1.29 is 28.5 Å². The third-order valence-corrected chi connectivity index (χ3v) is 4.17. The lowest BCUT2D eigenvalue weighted by atomic mass is 10.1. The summed E-state index contributed by atoms with van der Waals surface area (Å²) in [6.45, 7) is 2.01.